The zero-order valence-corrected chi connectivity index (χ0v) is 12.7. The van der Waals surface area contributed by atoms with Crippen molar-refractivity contribution in [1.29, 1.82) is 5.26 Å². The fourth-order valence-corrected chi connectivity index (χ4v) is 1.76. The fourth-order valence-electron chi connectivity index (χ4n) is 1.76. The number of hydrogen-bond acceptors (Lipinski definition) is 5. The fraction of sp³-hybridized carbons (Fsp3) is 0.643. The Bertz CT molecular complexity index is 467. The van der Waals surface area contributed by atoms with Crippen LogP contribution in [-0.2, 0) is 0 Å². The van der Waals surface area contributed by atoms with Gasteiger partial charge in [0.2, 0.25) is 0 Å². The number of anilines is 2. The van der Waals surface area contributed by atoms with E-state index in [0.29, 0.717) is 5.82 Å². The predicted octanol–water partition coefficient (Wildman–Crippen LogP) is 2.67. The molecule has 0 aliphatic rings. The Morgan fingerprint density at radius 3 is 2.42 bits per heavy atom. The molecule has 0 fully saturated rings. The van der Waals surface area contributed by atoms with Gasteiger partial charge in [0, 0.05) is 19.7 Å². The predicted molar refractivity (Wildman–Crippen MR) is 78.1 cm³/mol. The van der Waals surface area contributed by atoms with Crippen LogP contribution in [0.2, 0.25) is 0 Å². The van der Waals surface area contributed by atoms with E-state index in [1.165, 1.54) is 6.33 Å². The summed E-state index contributed by atoms with van der Waals surface area (Å²) >= 11 is 0. The van der Waals surface area contributed by atoms with E-state index in [2.05, 4.69) is 47.0 Å². The highest BCUT2D eigenvalue weighted by Gasteiger charge is 2.18. The van der Waals surface area contributed by atoms with Crippen molar-refractivity contribution >= 4 is 11.6 Å². The average Bonchev–Trinajstić information content (AvgIpc) is 2.26. The second-order valence-corrected chi connectivity index (χ2v) is 6.54. The molecule has 1 rings (SSSR count). The average molecular weight is 261 g/mol. The molecule has 0 atom stereocenters. The first-order valence-corrected chi connectivity index (χ1v) is 6.36. The first kappa shape index (κ1) is 15.2. The molecule has 1 aromatic heterocycles. The molecule has 1 heterocycles. The molecular formula is C14H23N5. The number of nitrogens with zero attached hydrogens (tertiary/aromatic N) is 4. The molecule has 1 aromatic rings. The molecule has 5 heteroatoms. The van der Waals surface area contributed by atoms with Crippen LogP contribution in [0.25, 0.3) is 0 Å². The van der Waals surface area contributed by atoms with Crippen LogP contribution >= 0.6 is 0 Å². The van der Waals surface area contributed by atoms with Crippen LogP contribution in [0.3, 0.4) is 0 Å². The molecule has 19 heavy (non-hydrogen) atoms. The zero-order valence-electron chi connectivity index (χ0n) is 12.7. The van der Waals surface area contributed by atoms with E-state index in [1.54, 1.807) is 0 Å². The maximum Gasteiger partial charge on any atom is 0.133 e. The van der Waals surface area contributed by atoms with Crippen molar-refractivity contribution in [2.75, 3.05) is 23.8 Å². The van der Waals surface area contributed by atoms with Crippen LogP contribution in [-0.4, -0.2) is 29.1 Å². The van der Waals surface area contributed by atoms with E-state index >= 15 is 0 Å². The highest BCUT2D eigenvalue weighted by atomic mass is 15.2. The van der Waals surface area contributed by atoms with Crippen LogP contribution in [0, 0.1) is 16.7 Å². The van der Waals surface area contributed by atoms with Gasteiger partial charge in [-0.2, -0.15) is 5.26 Å². The summed E-state index contributed by atoms with van der Waals surface area (Å²) in [5.74, 6) is 1.51. The van der Waals surface area contributed by atoms with E-state index < -0.39 is 5.54 Å². The SMILES string of the molecule is CN(CC(C)(C)C)c1cc(NC(C)(C)C#N)ncn1. The molecule has 0 radical (unpaired) electrons. The molecule has 0 unspecified atom stereocenters. The van der Waals surface area contributed by atoms with Crippen molar-refractivity contribution in [2.45, 2.75) is 40.2 Å². The summed E-state index contributed by atoms with van der Waals surface area (Å²) in [5.41, 5.74) is -0.451. The largest absolute Gasteiger partial charge is 0.359 e. The van der Waals surface area contributed by atoms with Crippen molar-refractivity contribution in [3.63, 3.8) is 0 Å². The molecule has 0 bridgehead atoms. The zero-order chi connectivity index (χ0) is 14.7. The molecule has 0 saturated heterocycles. The molecular weight excluding hydrogens is 238 g/mol. The normalized spacial score (nSPS) is 11.8. The molecule has 0 aliphatic heterocycles. The third-order valence-corrected chi connectivity index (χ3v) is 2.48. The molecule has 0 aromatic carbocycles. The molecule has 104 valence electrons. The lowest BCUT2D eigenvalue weighted by Gasteiger charge is -2.27. The summed E-state index contributed by atoms with van der Waals surface area (Å²) in [6.45, 7) is 11.1. The van der Waals surface area contributed by atoms with Crippen molar-refractivity contribution in [3.8, 4) is 6.07 Å². The van der Waals surface area contributed by atoms with Gasteiger partial charge in [0.15, 0.2) is 0 Å². The molecule has 0 saturated carbocycles. The lowest BCUT2D eigenvalue weighted by Crippen LogP contribution is -2.31. The Balaban J connectivity index is 2.86. The Labute approximate surface area is 115 Å². The highest BCUT2D eigenvalue weighted by molar-refractivity contribution is 5.50. The summed E-state index contributed by atoms with van der Waals surface area (Å²) in [6.07, 6.45) is 1.52. The number of rotatable bonds is 4. The van der Waals surface area contributed by atoms with Gasteiger partial charge in [0.25, 0.3) is 0 Å². The summed E-state index contributed by atoms with van der Waals surface area (Å²) in [6, 6.07) is 4.06. The van der Waals surface area contributed by atoms with Crippen LogP contribution < -0.4 is 10.2 Å². The third kappa shape index (κ3) is 5.12. The lowest BCUT2D eigenvalue weighted by molar-refractivity contribution is 0.417. The molecule has 1 N–H and O–H groups in total. The van der Waals surface area contributed by atoms with Gasteiger partial charge < -0.3 is 10.2 Å². The topological polar surface area (TPSA) is 64.8 Å². The molecule has 0 aliphatic carbocycles. The Kier molecular flexibility index (Phi) is 4.35. The van der Waals surface area contributed by atoms with Gasteiger partial charge in [-0.05, 0) is 19.3 Å². The summed E-state index contributed by atoms with van der Waals surface area (Å²) < 4.78 is 0. The number of hydrogen-bond donors (Lipinski definition) is 1. The minimum absolute atomic E-state index is 0.194. The smallest absolute Gasteiger partial charge is 0.133 e. The Morgan fingerprint density at radius 2 is 1.89 bits per heavy atom. The van der Waals surface area contributed by atoms with E-state index in [1.807, 2.05) is 27.0 Å². The van der Waals surface area contributed by atoms with Gasteiger partial charge in [-0.15, -0.1) is 0 Å². The van der Waals surface area contributed by atoms with Gasteiger partial charge in [0.05, 0.1) is 6.07 Å². The maximum atomic E-state index is 9.02. The van der Waals surface area contributed by atoms with Crippen LogP contribution in [0.15, 0.2) is 12.4 Å². The van der Waals surface area contributed by atoms with Gasteiger partial charge in [-0.1, -0.05) is 20.8 Å². The second-order valence-electron chi connectivity index (χ2n) is 6.54. The molecule has 0 spiro atoms. The third-order valence-electron chi connectivity index (χ3n) is 2.48. The van der Waals surface area contributed by atoms with Crippen LogP contribution in [0.5, 0.6) is 0 Å². The van der Waals surface area contributed by atoms with E-state index in [4.69, 9.17) is 5.26 Å². The minimum Gasteiger partial charge on any atom is -0.359 e. The standard InChI is InChI=1S/C14H23N5/c1-13(2,3)9-19(6)12-7-11(16-10-17-12)18-14(4,5)8-15/h7,10H,9H2,1-6H3,(H,16,17,18). The Morgan fingerprint density at radius 1 is 1.26 bits per heavy atom. The number of aromatic nitrogens is 2. The molecule has 5 nitrogen and oxygen atoms in total. The Hall–Kier alpha value is -1.83. The highest BCUT2D eigenvalue weighted by Crippen LogP contribution is 2.21. The quantitative estimate of drug-likeness (QED) is 0.902. The first-order chi connectivity index (χ1) is 8.63. The van der Waals surface area contributed by atoms with Crippen molar-refractivity contribution in [2.24, 2.45) is 5.41 Å². The maximum absolute atomic E-state index is 9.02. The first-order valence-electron chi connectivity index (χ1n) is 6.36. The van der Waals surface area contributed by atoms with E-state index in [0.717, 1.165) is 12.4 Å². The summed E-state index contributed by atoms with van der Waals surface area (Å²) in [7, 11) is 2.01. The molecule has 0 amide bonds. The number of nitriles is 1. The van der Waals surface area contributed by atoms with Crippen molar-refractivity contribution in [3.05, 3.63) is 12.4 Å². The number of nitrogens with one attached hydrogen (secondary N) is 1. The van der Waals surface area contributed by atoms with E-state index in [9.17, 15) is 0 Å². The van der Waals surface area contributed by atoms with Gasteiger partial charge >= 0.3 is 0 Å². The van der Waals surface area contributed by atoms with Crippen molar-refractivity contribution < 1.29 is 0 Å². The van der Waals surface area contributed by atoms with Crippen LogP contribution in [0.1, 0.15) is 34.6 Å². The van der Waals surface area contributed by atoms with Gasteiger partial charge in [-0.3, -0.25) is 0 Å². The summed E-state index contributed by atoms with van der Waals surface area (Å²) in [4.78, 5) is 10.5. The minimum atomic E-state index is -0.645. The van der Waals surface area contributed by atoms with E-state index in [-0.39, 0.29) is 5.41 Å². The summed E-state index contributed by atoms with van der Waals surface area (Å²) in [5, 5.41) is 12.1. The lowest BCUT2D eigenvalue weighted by atomic mass is 9.96. The van der Waals surface area contributed by atoms with Gasteiger partial charge in [-0.25, -0.2) is 9.97 Å². The second kappa shape index (κ2) is 5.43. The monoisotopic (exact) mass is 261 g/mol. The van der Waals surface area contributed by atoms with Gasteiger partial charge in [0.1, 0.15) is 23.5 Å². The van der Waals surface area contributed by atoms with Crippen LogP contribution in [0.4, 0.5) is 11.6 Å². The van der Waals surface area contributed by atoms with Crippen molar-refractivity contribution in [1.82, 2.24) is 9.97 Å².